The zero-order valence-corrected chi connectivity index (χ0v) is 13.3. The van der Waals surface area contributed by atoms with E-state index in [1.54, 1.807) is 11.8 Å². The second-order valence-corrected chi connectivity index (χ2v) is 7.29. The number of carbonyl (C=O) groups excluding carboxylic acids is 1. The minimum Gasteiger partial charge on any atom is -0.323 e. The molecule has 110 valence electrons. The molecule has 3 aromatic rings. The van der Waals surface area contributed by atoms with Gasteiger partial charge in [0.2, 0.25) is 5.91 Å². The van der Waals surface area contributed by atoms with Gasteiger partial charge >= 0.3 is 0 Å². The van der Waals surface area contributed by atoms with Gasteiger partial charge in [0.25, 0.3) is 0 Å². The summed E-state index contributed by atoms with van der Waals surface area (Å²) >= 11 is 2.81. The molecule has 1 aromatic heterocycles. The lowest BCUT2D eigenvalue weighted by Gasteiger charge is -2.15. The molecule has 1 saturated carbocycles. The van der Waals surface area contributed by atoms with Crippen molar-refractivity contribution in [3.05, 3.63) is 48.5 Å². The number of aromatic nitrogens is 2. The van der Waals surface area contributed by atoms with Crippen LogP contribution < -0.4 is 5.32 Å². The van der Waals surface area contributed by atoms with Gasteiger partial charge in [-0.05, 0) is 37.1 Å². The monoisotopic (exact) mass is 327 g/mol. The molecule has 0 aliphatic heterocycles. The van der Waals surface area contributed by atoms with Gasteiger partial charge in [0.15, 0.2) is 0 Å². The maximum Gasteiger partial charge on any atom is 0.241 e. The number of fused-ring (bicyclic) bond motifs is 1. The summed E-state index contributed by atoms with van der Waals surface area (Å²) in [5, 5.41) is 3.04. The highest BCUT2D eigenvalue weighted by atomic mass is 32.2. The standard InChI is InChI=1S/C16H13N3OS2/c20-15(16(9-10-16)21-11-5-2-1-3-6-11)17-12-7-4-8-13-14(12)19-22-18-13/h1-8H,9-10H2,(H,17,20). The Morgan fingerprint density at radius 3 is 2.68 bits per heavy atom. The van der Waals surface area contributed by atoms with Gasteiger partial charge in [-0.2, -0.15) is 8.75 Å². The normalized spacial score (nSPS) is 15.6. The summed E-state index contributed by atoms with van der Waals surface area (Å²) in [5.41, 5.74) is 2.33. The van der Waals surface area contributed by atoms with Gasteiger partial charge in [-0.3, -0.25) is 4.79 Å². The molecule has 1 aliphatic rings. The summed E-state index contributed by atoms with van der Waals surface area (Å²) in [6, 6.07) is 15.7. The van der Waals surface area contributed by atoms with E-state index >= 15 is 0 Å². The van der Waals surface area contributed by atoms with Crippen LogP contribution in [-0.4, -0.2) is 19.4 Å². The maximum absolute atomic E-state index is 12.7. The van der Waals surface area contributed by atoms with Gasteiger partial charge in [0.1, 0.15) is 11.0 Å². The molecule has 1 fully saturated rings. The van der Waals surface area contributed by atoms with Crippen LogP contribution in [-0.2, 0) is 4.79 Å². The fourth-order valence-electron chi connectivity index (χ4n) is 2.35. The van der Waals surface area contributed by atoms with Crippen molar-refractivity contribution in [1.29, 1.82) is 0 Å². The van der Waals surface area contributed by atoms with Crippen molar-refractivity contribution in [2.24, 2.45) is 0 Å². The van der Waals surface area contributed by atoms with Gasteiger partial charge < -0.3 is 5.32 Å². The third-order valence-corrected chi connectivity index (χ3v) is 5.74. The quantitative estimate of drug-likeness (QED) is 0.788. The molecular weight excluding hydrogens is 314 g/mol. The van der Waals surface area contributed by atoms with E-state index in [1.807, 2.05) is 48.5 Å². The van der Waals surface area contributed by atoms with Gasteiger partial charge in [-0.1, -0.05) is 24.3 Å². The van der Waals surface area contributed by atoms with E-state index in [9.17, 15) is 4.79 Å². The van der Waals surface area contributed by atoms with Crippen molar-refractivity contribution >= 4 is 46.1 Å². The first-order chi connectivity index (χ1) is 10.8. The molecule has 0 unspecified atom stereocenters. The van der Waals surface area contributed by atoms with Crippen molar-refractivity contribution < 1.29 is 4.79 Å². The Balaban J connectivity index is 1.56. The largest absolute Gasteiger partial charge is 0.323 e. The Morgan fingerprint density at radius 2 is 1.91 bits per heavy atom. The van der Waals surface area contributed by atoms with Crippen LogP contribution in [0.15, 0.2) is 53.4 Å². The number of amides is 1. The molecule has 22 heavy (non-hydrogen) atoms. The summed E-state index contributed by atoms with van der Waals surface area (Å²) in [5.74, 6) is 0.0573. The van der Waals surface area contributed by atoms with Gasteiger partial charge in [0.05, 0.1) is 22.2 Å². The van der Waals surface area contributed by atoms with E-state index in [2.05, 4.69) is 14.1 Å². The second-order valence-electron chi connectivity index (χ2n) is 5.30. The van der Waals surface area contributed by atoms with E-state index in [4.69, 9.17) is 0 Å². The number of hydrogen-bond donors (Lipinski definition) is 1. The topological polar surface area (TPSA) is 54.9 Å². The number of thioether (sulfide) groups is 1. The highest BCUT2D eigenvalue weighted by Gasteiger charge is 2.51. The van der Waals surface area contributed by atoms with E-state index in [-0.39, 0.29) is 10.7 Å². The highest BCUT2D eigenvalue weighted by Crippen LogP contribution is 2.52. The minimum absolute atomic E-state index is 0.0573. The lowest BCUT2D eigenvalue weighted by molar-refractivity contribution is -0.116. The number of rotatable bonds is 4. The Kier molecular flexibility index (Phi) is 3.35. The van der Waals surface area contributed by atoms with Crippen molar-refractivity contribution in [2.75, 3.05) is 5.32 Å². The van der Waals surface area contributed by atoms with Gasteiger partial charge in [-0.15, -0.1) is 11.8 Å². The zero-order valence-electron chi connectivity index (χ0n) is 11.7. The zero-order chi connectivity index (χ0) is 15.0. The fourth-order valence-corrected chi connectivity index (χ4v) is 4.09. The first kappa shape index (κ1) is 13.7. The Labute approximate surface area is 136 Å². The predicted octanol–water partition coefficient (Wildman–Crippen LogP) is 3.95. The van der Waals surface area contributed by atoms with E-state index < -0.39 is 0 Å². The summed E-state index contributed by atoms with van der Waals surface area (Å²) in [6.07, 6.45) is 1.81. The van der Waals surface area contributed by atoms with E-state index in [0.29, 0.717) is 0 Å². The SMILES string of the molecule is O=C(Nc1cccc2nsnc12)C1(Sc2ccccc2)CC1. The predicted molar refractivity (Wildman–Crippen MR) is 90.3 cm³/mol. The molecule has 2 aromatic carbocycles. The number of carbonyl (C=O) groups is 1. The molecule has 0 atom stereocenters. The van der Waals surface area contributed by atoms with Crippen LogP contribution in [0.2, 0.25) is 0 Å². The number of hydrogen-bond acceptors (Lipinski definition) is 5. The molecular formula is C16H13N3OS2. The molecule has 4 nitrogen and oxygen atoms in total. The lowest BCUT2D eigenvalue weighted by atomic mass is 10.2. The summed E-state index contributed by atoms with van der Waals surface area (Å²) < 4.78 is 8.13. The molecule has 1 amide bonds. The third-order valence-electron chi connectivity index (χ3n) is 3.71. The molecule has 0 spiro atoms. The molecule has 0 radical (unpaired) electrons. The molecule has 4 rings (SSSR count). The first-order valence-electron chi connectivity index (χ1n) is 7.04. The Morgan fingerprint density at radius 1 is 1.09 bits per heavy atom. The molecule has 0 saturated heterocycles. The summed E-state index contributed by atoms with van der Waals surface area (Å²) in [7, 11) is 0. The fraction of sp³-hybridized carbons (Fsp3) is 0.188. The van der Waals surface area contributed by atoms with E-state index in [1.165, 1.54) is 0 Å². The van der Waals surface area contributed by atoms with Crippen LogP contribution in [0.4, 0.5) is 5.69 Å². The van der Waals surface area contributed by atoms with Gasteiger partial charge in [-0.25, -0.2) is 0 Å². The summed E-state index contributed by atoms with van der Waals surface area (Å²) in [6.45, 7) is 0. The molecule has 1 N–H and O–H groups in total. The molecule has 1 aliphatic carbocycles. The molecule has 0 bridgehead atoms. The minimum atomic E-state index is -0.340. The third kappa shape index (κ3) is 2.48. The van der Waals surface area contributed by atoms with Crippen LogP contribution in [0, 0.1) is 0 Å². The number of anilines is 1. The Hall–Kier alpha value is -1.92. The average molecular weight is 327 g/mol. The van der Waals surface area contributed by atoms with Crippen molar-refractivity contribution in [2.45, 2.75) is 22.5 Å². The van der Waals surface area contributed by atoms with Crippen LogP contribution in [0.25, 0.3) is 11.0 Å². The first-order valence-corrected chi connectivity index (χ1v) is 8.58. The molecule has 1 heterocycles. The van der Waals surface area contributed by atoms with Crippen LogP contribution >= 0.6 is 23.5 Å². The van der Waals surface area contributed by atoms with Crippen molar-refractivity contribution in [3.8, 4) is 0 Å². The van der Waals surface area contributed by atoms with Crippen LogP contribution in [0.3, 0.4) is 0 Å². The maximum atomic E-state index is 12.7. The number of nitrogens with one attached hydrogen (secondary N) is 1. The van der Waals surface area contributed by atoms with Crippen molar-refractivity contribution in [3.63, 3.8) is 0 Å². The highest BCUT2D eigenvalue weighted by molar-refractivity contribution is 8.01. The number of nitrogens with zero attached hydrogens (tertiary/aromatic N) is 2. The smallest absolute Gasteiger partial charge is 0.241 e. The van der Waals surface area contributed by atoms with Crippen molar-refractivity contribution in [1.82, 2.24) is 8.75 Å². The summed E-state index contributed by atoms with van der Waals surface area (Å²) in [4.78, 5) is 13.8. The Bertz CT molecular complexity index is 828. The lowest BCUT2D eigenvalue weighted by Crippen LogP contribution is -2.26. The van der Waals surface area contributed by atoms with Gasteiger partial charge in [0, 0.05) is 4.90 Å². The average Bonchev–Trinajstić information content (AvgIpc) is 3.15. The van der Waals surface area contributed by atoms with Crippen LogP contribution in [0.5, 0.6) is 0 Å². The molecule has 6 heteroatoms. The van der Waals surface area contributed by atoms with E-state index in [0.717, 1.165) is 46.2 Å². The number of benzene rings is 2. The second kappa shape index (κ2) is 5.37. The van der Waals surface area contributed by atoms with Crippen LogP contribution in [0.1, 0.15) is 12.8 Å².